The second kappa shape index (κ2) is 6.60. The molecule has 2 rings (SSSR count). The average molecular weight is 335 g/mol. The highest BCUT2D eigenvalue weighted by Gasteiger charge is 2.19. The Labute approximate surface area is 118 Å². The van der Waals surface area contributed by atoms with Gasteiger partial charge in [-0.25, -0.2) is 4.98 Å². The van der Waals surface area contributed by atoms with Crippen molar-refractivity contribution in [1.29, 1.82) is 0 Å². The number of thiazole rings is 1. The fourth-order valence-electron chi connectivity index (χ4n) is 1.64. The van der Waals surface area contributed by atoms with E-state index in [2.05, 4.69) is 20.9 Å². The van der Waals surface area contributed by atoms with Crippen LogP contribution in [0.4, 0.5) is 5.13 Å². The van der Waals surface area contributed by atoms with E-state index in [-0.39, 0.29) is 18.6 Å². The van der Waals surface area contributed by atoms with Crippen LogP contribution in [0.15, 0.2) is 9.98 Å². The van der Waals surface area contributed by atoms with Crippen LogP contribution in [0.3, 0.4) is 0 Å². The van der Waals surface area contributed by atoms with Crippen molar-refractivity contribution < 1.29 is 14.3 Å². The van der Waals surface area contributed by atoms with E-state index in [9.17, 15) is 4.79 Å². The summed E-state index contributed by atoms with van der Waals surface area (Å²) < 4.78 is 11.7. The number of nitrogens with zero attached hydrogens (tertiary/aromatic N) is 2. The van der Waals surface area contributed by atoms with Crippen LogP contribution in [0.1, 0.15) is 12.8 Å². The molecule has 2 heterocycles. The van der Waals surface area contributed by atoms with Crippen molar-refractivity contribution in [1.82, 2.24) is 4.98 Å². The molecule has 1 atom stereocenters. The topological polar surface area (TPSA) is 51.7 Å². The van der Waals surface area contributed by atoms with E-state index in [0.717, 1.165) is 23.2 Å². The second-order valence-corrected chi connectivity index (χ2v) is 6.44. The fourth-order valence-corrected chi connectivity index (χ4v) is 2.80. The van der Waals surface area contributed by atoms with Crippen molar-refractivity contribution in [2.45, 2.75) is 18.9 Å². The van der Waals surface area contributed by atoms with Gasteiger partial charge in [0.2, 0.25) is 0 Å². The van der Waals surface area contributed by atoms with Gasteiger partial charge in [0, 0.05) is 13.7 Å². The van der Waals surface area contributed by atoms with Gasteiger partial charge in [0.15, 0.2) is 5.13 Å². The molecule has 7 heteroatoms. The first-order valence-electron chi connectivity index (χ1n) is 5.74. The van der Waals surface area contributed by atoms with E-state index in [1.165, 1.54) is 16.2 Å². The summed E-state index contributed by atoms with van der Waals surface area (Å²) in [6.07, 6.45) is 3.67. The van der Waals surface area contributed by atoms with Gasteiger partial charge in [-0.15, -0.1) is 0 Å². The van der Waals surface area contributed by atoms with Crippen LogP contribution in [0, 0.1) is 0 Å². The van der Waals surface area contributed by atoms with Crippen molar-refractivity contribution in [3.8, 4) is 0 Å². The average Bonchev–Trinajstić information content (AvgIpc) is 2.83. The third-order valence-electron chi connectivity index (χ3n) is 2.69. The molecule has 1 aromatic rings. The molecule has 1 amide bonds. The molecule has 0 radical (unpaired) electrons. The monoisotopic (exact) mass is 334 g/mol. The first-order valence-corrected chi connectivity index (χ1v) is 7.35. The van der Waals surface area contributed by atoms with Gasteiger partial charge >= 0.3 is 0 Å². The number of halogens is 1. The Bertz CT molecular complexity index is 407. The van der Waals surface area contributed by atoms with E-state index in [0.29, 0.717) is 11.7 Å². The van der Waals surface area contributed by atoms with Crippen molar-refractivity contribution in [2.75, 3.05) is 31.8 Å². The number of ether oxygens (including phenoxy) is 2. The third-order valence-corrected chi connectivity index (χ3v) is 4.24. The molecule has 0 aliphatic carbocycles. The number of rotatable bonds is 4. The molecule has 0 N–H and O–H groups in total. The molecule has 1 saturated heterocycles. The smallest absolute Gasteiger partial charge is 0.254 e. The molecule has 0 saturated carbocycles. The lowest BCUT2D eigenvalue weighted by Gasteiger charge is -2.23. The Morgan fingerprint density at radius 1 is 1.78 bits per heavy atom. The van der Waals surface area contributed by atoms with Crippen molar-refractivity contribution in [3.05, 3.63) is 9.98 Å². The van der Waals surface area contributed by atoms with Crippen LogP contribution in [0.2, 0.25) is 0 Å². The summed E-state index contributed by atoms with van der Waals surface area (Å²) in [6.45, 7) is 1.45. The quantitative estimate of drug-likeness (QED) is 0.845. The summed E-state index contributed by atoms with van der Waals surface area (Å²) in [4.78, 5) is 17.5. The molecule has 0 spiro atoms. The predicted molar refractivity (Wildman–Crippen MR) is 73.0 cm³/mol. The minimum Gasteiger partial charge on any atom is -0.379 e. The highest BCUT2D eigenvalue weighted by molar-refractivity contribution is 9.11. The Hall–Kier alpha value is -0.500. The summed E-state index contributed by atoms with van der Waals surface area (Å²) in [5.74, 6) is -0.0950. The molecule has 1 fully saturated rings. The molecule has 100 valence electrons. The van der Waals surface area contributed by atoms with Crippen LogP contribution in [-0.2, 0) is 14.3 Å². The summed E-state index contributed by atoms with van der Waals surface area (Å²) in [5, 5.41) is 0.662. The first kappa shape index (κ1) is 13.9. The van der Waals surface area contributed by atoms with Crippen LogP contribution in [0.25, 0.3) is 0 Å². The van der Waals surface area contributed by atoms with Gasteiger partial charge in [-0.05, 0) is 28.8 Å². The van der Waals surface area contributed by atoms with Gasteiger partial charge in [-0.3, -0.25) is 9.69 Å². The molecule has 18 heavy (non-hydrogen) atoms. The van der Waals surface area contributed by atoms with Crippen molar-refractivity contribution in [2.24, 2.45) is 0 Å². The largest absolute Gasteiger partial charge is 0.379 e. The molecular weight excluding hydrogens is 320 g/mol. The number of carbonyl (C=O) groups is 1. The summed E-state index contributed by atoms with van der Waals surface area (Å²) in [5.41, 5.74) is 0. The van der Waals surface area contributed by atoms with E-state index in [4.69, 9.17) is 9.47 Å². The molecule has 5 nitrogen and oxygen atoms in total. The van der Waals surface area contributed by atoms with Gasteiger partial charge in [0.25, 0.3) is 5.91 Å². The lowest BCUT2D eigenvalue weighted by atomic mass is 10.2. The molecular formula is C11H15BrN2O3S. The van der Waals surface area contributed by atoms with Crippen LogP contribution < -0.4 is 4.90 Å². The predicted octanol–water partition coefficient (Wildman–Crippen LogP) is 2.06. The summed E-state index contributed by atoms with van der Waals surface area (Å²) in [6, 6.07) is 0. The SMILES string of the molecule is CN(C(=O)COC1CCCOC1)c1ncc(Br)s1. The molecule has 1 unspecified atom stereocenters. The van der Waals surface area contributed by atoms with Gasteiger partial charge in [0.05, 0.1) is 22.7 Å². The maximum absolute atomic E-state index is 11.9. The minimum atomic E-state index is -0.0950. The van der Waals surface area contributed by atoms with Gasteiger partial charge in [-0.2, -0.15) is 0 Å². The summed E-state index contributed by atoms with van der Waals surface area (Å²) >= 11 is 4.74. The first-order chi connectivity index (χ1) is 8.66. The molecule has 1 aliphatic rings. The van der Waals surface area contributed by atoms with Gasteiger partial charge in [0.1, 0.15) is 6.61 Å². The Kier molecular flexibility index (Phi) is 5.11. The normalized spacial score (nSPS) is 19.8. The van der Waals surface area contributed by atoms with E-state index >= 15 is 0 Å². The molecule has 0 bridgehead atoms. The molecule has 1 aliphatic heterocycles. The zero-order chi connectivity index (χ0) is 13.0. The maximum Gasteiger partial charge on any atom is 0.254 e. The third kappa shape index (κ3) is 3.74. The highest BCUT2D eigenvalue weighted by Crippen LogP contribution is 2.25. The lowest BCUT2D eigenvalue weighted by molar-refractivity contribution is -0.128. The number of hydrogen-bond acceptors (Lipinski definition) is 5. The minimum absolute atomic E-state index is 0.0409. The van der Waals surface area contributed by atoms with Crippen LogP contribution in [0.5, 0.6) is 0 Å². The number of likely N-dealkylation sites (N-methyl/N-ethyl adjacent to an activating group) is 1. The zero-order valence-corrected chi connectivity index (χ0v) is 12.5. The zero-order valence-electron chi connectivity index (χ0n) is 10.1. The van der Waals surface area contributed by atoms with Gasteiger partial charge in [-0.1, -0.05) is 11.3 Å². The van der Waals surface area contributed by atoms with E-state index in [1.54, 1.807) is 13.2 Å². The Morgan fingerprint density at radius 2 is 2.61 bits per heavy atom. The van der Waals surface area contributed by atoms with Gasteiger partial charge < -0.3 is 9.47 Å². The Morgan fingerprint density at radius 3 is 3.22 bits per heavy atom. The second-order valence-electron chi connectivity index (χ2n) is 4.05. The number of carbonyl (C=O) groups excluding carboxylic acids is 1. The number of hydrogen-bond donors (Lipinski definition) is 0. The summed E-state index contributed by atoms with van der Waals surface area (Å²) in [7, 11) is 1.70. The number of amides is 1. The lowest BCUT2D eigenvalue weighted by Crippen LogP contribution is -2.34. The van der Waals surface area contributed by atoms with Crippen LogP contribution in [-0.4, -0.2) is 43.9 Å². The molecule has 1 aromatic heterocycles. The van der Waals surface area contributed by atoms with E-state index in [1.807, 2.05) is 0 Å². The van der Waals surface area contributed by atoms with Crippen molar-refractivity contribution >= 4 is 38.3 Å². The fraction of sp³-hybridized carbons (Fsp3) is 0.636. The maximum atomic E-state index is 11.9. The standard InChI is InChI=1S/C11H15BrN2O3S/c1-14(11-13-5-9(12)18-11)10(15)7-17-8-3-2-4-16-6-8/h5,8H,2-4,6-7H2,1H3. The molecule has 0 aromatic carbocycles. The number of anilines is 1. The van der Waals surface area contributed by atoms with E-state index < -0.39 is 0 Å². The van der Waals surface area contributed by atoms with Crippen LogP contribution >= 0.6 is 27.3 Å². The number of aromatic nitrogens is 1. The Balaban J connectivity index is 1.80. The van der Waals surface area contributed by atoms with Crippen molar-refractivity contribution in [3.63, 3.8) is 0 Å². The highest BCUT2D eigenvalue weighted by atomic mass is 79.9.